The van der Waals surface area contributed by atoms with E-state index >= 15 is 0 Å². The molecule has 0 saturated carbocycles. The molecule has 0 aliphatic rings. The van der Waals surface area contributed by atoms with Crippen LogP contribution in [-0.4, -0.2) is 13.0 Å². The van der Waals surface area contributed by atoms with E-state index in [4.69, 9.17) is 9.15 Å². The summed E-state index contributed by atoms with van der Waals surface area (Å²) < 4.78 is 24.2. The average Bonchev–Trinajstić information content (AvgIpc) is 2.94. The SMILES string of the molecule is COc1ccc(NC(C)=O)cc1NCc1cc2cc(F)ccc2o1. The second kappa shape index (κ2) is 6.62. The summed E-state index contributed by atoms with van der Waals surface area (Å²) in [6, 6.07) is 11.5. The van der Waals surface area contributed by atoms with Gasteiger partial charge >= 0.3 is 0 Å². The highest BCUT2D eigenvalue weighted by atomic mass is 19.1. The Balaban J connectivity index is 1.80. The zero-order valence-corrected chi connectivity index (χ0v) is 13.4. The van der Waals surface area contributed by atoms with Crippen LogP contribution in [-0.2, 0) is 11.3 Å². The van der Waals surface area contributed by atoms with Crippen LogP contribution in [0.15, 0.2) is 46.9 Å². The summed E-state index contributed by atoms with van der Waals surface area (Å²) in [5, 5.41) is 6.64. The topological polar surface area (TPSA) is 63.5 Å². The molecule has 2 aromatic carbocycles. The predicted molar refractivity (Wildman–Crippen MR) is 90.8 cm³/mol. The maximum Gasteiger partial charge on any atom is 0.221 e. The van der Waals surface area contributed by atoms with Crippen molar-refractivity contribution in [2.45, 2.75) is 13.5 Å². The van der Waals surface area contributed by atoms with Crippen LogP contribution in [0.2, 0.25) is 0 Å². The first kappa shape index (κ1) is 15.9. The Kier molecular flexibility index (Phi) is 4.37. The highest BCUT2D eigenvalue weighted by molar-refractivity contribution is 5.89. The molecular formula is C18H17FN2O3. The van der Waals surface area contributed by atoms with Crippen LogP contribution in [0, 0.1) is 5.82 Å². The van der Waals surface area contributed by atoms with Crippen LogP contribution < -0.4 is 15.4 Å². The van der Waals surface area contributed by atoms with Crippen molar-refractivity contribution in [3.63, 3.8) is 0 Å². The molecule has 5 nitrogen and oxygen atoms in total. The number of carbonyl (C=O) groups is 1. The normalized spacial score (nSPS) is 10.6. The van der Waals surface area contributed by atoms with E-state index in [-0.39, 0.29) is 11.7 Å². The lowest BCUT2D eigenvalue weighted by atomic mass is 10.2. The third kappa shape index (κ3) is 3.48. The van der Waals surface area contributed by atoms with E-state index in [2.05, 4.69) is 10.6 Å². The number of halogens is 1. The van der Waals surface area contributed by atoms with Crippen LogP contribution >= 0.6 is 0 Å². The van der Waals surface area contributed by atoms with Crippen LogP contribution in [0.5, 0.6) is 5.75 Å². The molecule has 0 spiro atoms. The van der Waals surface area contributed by atoms with E-state index in [1.54, 1.807) is 37.4 Å². The molecule has 2 N–H and O–H groups in total. The Hall–Kier alpha value is -3.02. The molecule has 124 valence electrons. The Morgan fingerprint density at radius 1 is 1.21 bits per heavy atom. The van der Waals surface area contributed by atoms with Gasteiger partial charge in [-0.3, -0.25) is 4.79 Å². The molecular weight excluding hydrogens is 311 g/mol. The minimum Gasteiger partial charge on any atom is -0.495 e. The van der Waals surface area contributed by atoms with Crippen molar-refractivity contribution >= 4 is 28.3 Å². The van der Waals surface area contributed by atoms with Crippen molar-refractivity contribution in [1.82, 2.24) is 0 Å². The molecule has 0 bridgehead atoms. The van der Waals surface area contributed by atoms with Gasteiger partial charge in [-0.2, -0.15) is 0 Å². The second-order valence-corrected chi connectivity index (χ2v) is 5.34. The predicted octanol–water partition coefficient (Wildman–Crippen LogP) is 4.15. The molecule has 0 aliphatic heterocycles. The molecule has 1 aromatic heterocycles. The molecule has 0 unspecified atom stereocenters. The maximum absolute atomic E-state index is 13.2. The lowest BCUT2D eigenvalue weighted by Gasteiger charge is -2.12. The second-order valence-electron chi connectivity index (χ2n) is 5.34. The molecule has 0 aliphatic carbocycles. The largest absolute Gasteiger partial charge is 0.495 e. The lowest BCUT2D eigenvalue weighted by molar-refractivity contribution is -0.114. The molecule has 3 aromatic rings. The maximum atomic E-state index is 13.2. The molecule has 24 heavy (non-hydrogen) atoms. The average molecular weight is 328 g/mol. The third-order valence-electron chi connectivity index (χ3n) is 3.50. The molecule has 1 amide bonds. The standard InChI is InChI=1S/C18H17FN2O3/c1-11(22)21-14-4-6-18(23-2)16(9-14)20-10-15-8-12-7-13(19)3-5-17(12)24-15/h3-9,20H,10H2,1-2H3,(H,21,22). The number of amides is 1. The van der Waals surface area contributed by atoms with E-state index in [0.29, 0.717) is 34.7 Å². The van der Waals surface area contributed by atoms with Gasteiger partial charge in [0.2, 0.25) is 5.91 Å². The molecule has 1 heterocycles. The smallest absolute Gasteiger partial charge is 0.221 e. The number of methoxy groups -OCH3 is 1. The fraction of sp³-hybridized carbons (Fsp3) is 0.167. The van der Waals surface area contributed by atoms with Gasteiger partial charge in [-0.1, -0.05) is 0 Å². The number of furan rings is 1. The number of nitrogens with one attached hydrogen (secondary N) is 2. The van der Waals surface area contributed by atoms with Crippen molar-refractivity contribution in [3.8, 4) is 5.75 Å². The fourth-order valence-electron chi connectivity index (χ4n) is 2.47. The Bertz CT molecular complexity index is 889. The number of hydrogen-bond acceptors (Lipinski definition) is 4. The summed E-state index contributed by atoms with van der Waals surface area (Å²) >= 11 is 0. The van der Waals surface area contributed by atoms with Crippen LogP contribution in [0.25, 0.3) is 11.0 Å². The van der Waals surface area contributed by atoms with Gasteiger partial charge in [0.05, 0.1) is 19.3 Å². The van der Waals surface area contributed by atoms with Crippen molar-refractivity contribution < 1.29 is 18.3 Å². The number of rotatable bonds is 5. The summed E-state index contributed by atoms with van der Waals surface area (Å²) in [5.41, 5.74) is 2.01. The van der Waals surface area contributed by atoms with E-state index in [1.165, 1.54) is 19.1 Å². The van der Waals surface area contributed by atoms with Gasteiger partial charge in [0.1, 0.15) is 22.9 Å². The number of benzene rings is 2. The van der Waals surface area contributed by atoms with Crippen molar-refractivity contribution in [2.75, 3.05) is 17.7 Å². The van der Waals surface area contributed by atoms with Gasteiger partial charge in [0, 0.05) is 18.0 Å². The molecule has 0 atom stereocenters. The highest BCUT2D eigenvalue weighted by Crippen LogP contribution is 2.29. The van der Waals surface area contributed by atoms with Gasteiger partial charge in [0.15, 0.2) is 0 Å². The van der Waals surface area contributed by atoms with Crippen molar-refractivity contribution in [2.24, 2.45) is 0 Å². The van der Waals surface area contributed by atoms with Crippen molar-refractivity contribution in [3.05, 3.63) is 54.0 Å². The zero-order chi connectivity index (χ0) is 17.1. The quantitative estimate of drug-likeness (QED) is 0.738. The first-order valence-corrected chi connectivity index (χ1v) is 7.42. The van der Waals surface area contributed by atoms with Gasteiger partial charge in [-0.15, -0.1) is 0 Å². The zero-order valence-electron chi connectivity index (χ0n) is 13.4. The van der Waals surface area contributed by atoms with Gasteiger partial charge < -0.3 is 19.8 Å². The number of carbonyl (C=O) groups excluding carboxylic acids is 1. The Labute approximate surface area is 138 Å². The summed E-state index contributed by atoms with van der Waals surface area (Å²) in [6.45, 7) is 1.85. The molecule has 6 heteroatoms. The summed E-state index contributed by atoms with van der Waals surface area (Å²) in [7, 11) is 1.57. The molecule has 0 fully saturated rings. The van der Waals surface area contributed by atoms with E-state index in [9.17, 15) is 9.18 Å². The van der Waals surface area contributed by atoms with E-state index in [0.717, 1.165) is 5.69 Å². The van der Waals surface area contributed by atoms with E-state index in [1.807, 2.05) is 0 Å². The highest BCUT2D eigenvalue weighted by Gasteiger charge is 2.08. The molecule has 0 radical (unpaired) electrons. The monoisotopic (exact) mass is 328 g/mol. The number of hydrogen-bond donors (Lipinski definition) is 2. The Morgan fingerprint density at radius 2 is 2.04 bits per heavy atom. The first-order valence-electron chi connectivity index (χ1n) is 7.42. The van der Waals surface area contributed by atoms with Crippen LogP contribution in [0.4, 0.5) is 15.8 Å². The summed E-state index contributed by atoms with van der Waals surface area (Å²) in [4.78, 5) is 11.2. The lowest BCUT2D eigenvalue weighted by Crippen LogP contribution is -2.07. The summed E-state index contributed by atoms with van der Waals surface area (Å²) in [6.07, 6.45) is 0. The summed E-state index contributed by atoms with van der Waals surface area (Å²) in [5.74, 6) is 0.867. The Morgan fingerprint density at radius 3 is 2.79 bits per heavy atom. The van der Waals surface area contributed by atoms with Crippen LogP contribution in [0.3, 0.4) is 0 Å². The molecule has 0 saturated heterocycles. The minimum atomic E-state index is -0.299. The first-order chi connectivity index (χ1) is 11.5. The minimum absolute atomic E-state index is 0.148. The van der Waals surface area contributed by atoms with Gasteiger partial charge in [-0.25, -0.2) is 4.39 Å². The third-order valence-corrected chi connectivity index (χ3v) is 3.50. The number of anilines is 2. The van der Waals surface area contributed by atoms with Gasteiger partial charge in [-0.05, 0) is 42.5 Å². The van der Waals surface area contributed by atoms with E-state index < -0.39 is 0 Å². The van der Waals surface area contributed by atoms with Gasteiger partial charge in [0.25, 0.3) is 0 Å². The number of ether oxygens (including phenoxy) is 1. The molecule has 3 rings (SSSR count). The van der Waals surface area contributed by atoms with Crippen LogP contribution in [0.1, 0.15) is 12.7 Å². The number of fused-ring (bicyclic) bond motifs is 1. The van der Waals surface area contributed by atoms with Crippen molar-refractivity contribution in [1.29, 1.82) is 0 Å². The fourth-order valence-corrected chi connectivity index (χ4v) is 2.47.